The van der Waals surface area contributed by atoms with E-state index in [1.807, 2.05) is 29.2 Å². The normalized spacial score (nSPS) is 18.0. The van der Waals surface area contributed by atoms with Crippen LogP contribution in [0.4, 0.5) is 0 Å². The lowest BCUT2D eigenvalue weighted by Crippen LogP contribution is -2.39. The number of hydrogen-bond donors (Lipinski definition) is 2. The molecule has 1 atom stereocenters. The SMILES string of the molecule is O=C(CCc1nc(Cl)n[nH]1)N1CCCC(c2nc3ccccc3[nH]2)C1. The van der Waals surface area contributed by atoms with E-state index in [-0.39, 0.29) is 17.1 Å². The molecule has 1 aliphatic heterocycles. The number of amides is 1. The highest BCUT2D eigenvalue weighted by molar-refractivity contribution is 6.28. The molecule has 25 heavy (non-hydrogen) atoms. The van der Waals surface area contributed by atoms with Crippen LogP contribution in [0.1, 0.15) is 36.8 Å². The Morgan fingerprint density at radius 1 is 1.32 bits per heavy atom. The van der Waals surface area contributed by atoms with Gasteiger partial charge < -0.3 is 9.88 Å². The van der Waals surface area contributed by atoms with Crippen LogP contribution < -0.4 is 0 Å². The minimum Gasteiger partial charge on any atom is -0.342 e. The van der Waals surface area contributed by atoms with Crippen molar-refractivity contribution in [2.75, 3.05) is 13.1 Å². The Kier molecular flexibility index (Phi) is 4.40. The lowest BCUT2D eigenvalue weighted by Gasteiger charge is -2.32. The van der Waals surface area contributed by atoms with E-state index in [0.717, 1.165) is 36.2 Å². The number of halogens is 1. The minimum absolute atomic E-state index is 0.133. The lowest BCUT2D eigenvalue weighted by atomic mass is 9.97. The Balaban J connectivity index is 1.40. The molecule has 7 nitrogen and oxygen atoms in total. The van der Waals surface area contributed by atoms with Crippen molar-refractivity contribution in [2.45, 2.75) is 31.6 Å². The Morgan fingerprint density at radius 3 is 3.00 bits per heavy atom. The summed E-state index contributed by atoms with van der Waals surface area (Å²) >= 11 is 5.69. The highest BCUT2D eigenvalue weighted by Crippen LogP contribution is 2.27. The fraction of sp³-hybridized carbons (Fsp3) is 0.412. The fourth-order valence-corrected chi connectivity index (χ4v) is 3.50. The van der Waals surface area contributed by atoms with Gasteiger partial charge in [0.1, 0.15) is 11.6 Å². The summed E-state index contributed by atoms with van der Waals surface area (Å²) in [7, 11) is 0. The number of hydrogen-bond acceptors (Lipinski definition) is 4. The molecule has 4 rings (SSSR count). The maximum atomic E-state index is 12.5. The van der Waals surface area contributed by atoms with Crippen molar-refractivity contribution in [3.8, 4) is 0 Å². The molecule has 1 saturated heterocycles. The lowest BCUT2D eigenvalue weighted by molar-refractivity contribution is -0.132. The van der Waals surface area contributed by atoms with Gasteiger partial charge in [-0.15, -0.1) is 5.10 Å². The Labute approximate surface area is 149 Å². The van der Waals surface area contributed by atoms with Crippen LogP contribution in [-0.2, 0) is 11.2 Å². The zero-order valence-electron chi connectivity index (χ0n) is 13.7. The monoisotopic (exact) mass is 358 g/mol. The van der Waals surface area contributed by atoms with Crippen LogP contribution in [0.5, 0.6) is 0 Å². The molecule has 1 aromatic carbocycles. The molecule has 0 spiro atoms. The van der Waals surface area contributed by atoms with Gasteiger partial charge in [-0.05, 0) is 36.6 Å². The number of aryl methyl sites for hydroxylation is 1. The Hall–Kier alpha value is -2.41. The number of rotatable bonds is 4. The van der Waals surface area contributed by atoms with Gasteiger partial charge in [-0.1, -0.05) is 12.1 Å². The summed E-state index contributed by atoms with van der Waals surface area (Å²) in [6.45, 7) is 1.50. The van der Waals surface area contributed by atoms with Crippen molar-refractivity contribution >= 4 is 28.5 Å². The molecular formula is C17H19ClN6O. The predicted molar refractivity (Wildman–Crippen MR) is 94.4 cm³/mol. The van der Waals surface area contributed by atoms with Crippen LogP contribution >= 0.6 is 11.6 Å². The minimum atomic E-state index is 0.133. The average molecular weight is 359 g/mol. The number of fused-ring (bicyclic) bond motifs is 1. The van der Waals surface area contributed by atoms with E-state index in [4.69, 9.17) is 16.6 Å². The van der Waals surface area contributed by atoms with E-state index in [2.05, 4.69) is 20.2 Å². The molecule has 0 bridgehead atoms. The molecule has 3 aromatic rings. The van der Waals surface area contributed by atoms with Gasteiger partial charge in [0.25, 0.3) is 0 Å². The number of aromatic nitrogens is 5. The number of aromatic amines is 2. The molecule has 2 N–H and O–H groups in total. The van der Waals surface area contributed by atoms with Crippen LogP contribution in [0.25, 0.3) is 11.0 Å². The van der Waals surface area contributed by atoms with Crippen molar-refractivity contribution in [3.63, 3.8) is 0 Å². The molecular weight excluding hydrogens is 340 g/mol. The van der Waals surface area contributed by atoms with Gasteiger partial charge >= 0.3 is 0 Å². The van der Waals surface area contributed by atoms with Crippen LogP contribution in [0.3, 0.4) is 0 Å². The molecule has 1 fully saturated rings. The third kappa shape index (κ3) is 3.51. The second-order valence-electron chi connectivity index (χ2n) is 6.37. The first-order valence-corrected chi connectivity index (χ1v) is 8.86. The van der Waals surface area contributed by atoms with E-state index in [0.29, 0.717) is 25.2 Å². The number of likely N-dealkylation sites (tertiary alicyclic amines) is 1. The number of imidazole rings is 1. The van der Waals surface area contributed by atoms with Crippen LogP contribution in [0.15, 0.2) is 24.3 Å². The van der Waals surface area contributed by atoms with Gasteiger partial charge in [-0.2, -0.15) is 0 Å². The molecule has 2 aromatic heterocycles. The first kappa shape index (κ1) is 16.1. The second-order valence-corrected chi connectivity index (χ2v) is 6.71. The third-order valence-corrected chi connectivity index (χ3v) is 4.82. The number of carbonyl (C=O) groups excluding carboxylic acids is 1. The largest absolute Gasteiger partial charge is 0.342 e. The third-order valence-electron chi connectivity index (χ3n) is 4.65. The number of benzene rings is 1. The first-order valence-electron chi connectivity index (χ1n) is 8.48. The van der Waals surface area contributed by atoms with Crippen LogP contribution in [0.2, 0.25) is 5.28 Å². The van der Waals surface area contributed by atoms with Crippen molar-refractivity contribution < 1.29 is 4.79 Å². The van der Waals surface area contributed by atoms with E-state index in [1.165, 1.54) is 0 Å². The van der Waals surface area contributed by atoms with Crippen molar-refractivity contribution in [1.82, 2.24) is 30.0 Å². The quantitative estimate of drug-likeness (QED) is 0.750. The predicted octanol–water partition coefficient (Wildman–Crippen LogP) is 2.67. The summed E-state index contributed by atoms with van der Waals surface area (Å²) in [4.78, 5) is 26.6. The summed E-state index contributed by atoms with van der Waals surface area (Å²) in [5.41, 5.74) is 2.02. The molecule has 3 heterocycles. The molecule has 1 unspecified atom stereocenters. The number of nitrogens with zero attached hydrogens (tertiary/aromatic N) is 4. The smallest absolute Gasteiger partial charge is 0.242 e. The van der Waals surface area contributed by atoms with Gasteiger partial charge in [0.2, 0.25) is 11.2 Å². The molecule has 130 valence electrons. The molecule has 0 aliphatic carbocycles. The number of H-pyrrole nitrogens is 2. The van der Waals surface area contributed by atoms with Crippen LogP contribution in [0, 0.1) is 0 Å². The topological polar surface area (TPSA) is 90.6 Å². The highest BCUT2D eigenvalue weighted by atomic mass is 35.5. The van der Waals surface area contributed by atoms with E-state index in [9.17, 15) is 4.79 Å². The summed E-state index contributed by atoms with van der Waals surface area (Å²) < 4.78 is 0. The molecule has 0 radical (unpaired) electrons. The summed E-state index contributed by atoms with van der Waals surface area (Å²) in [6, 6.07) is 8.01. The van der Waals surface area contributed by atoms with E-state index >= 15 is 0 Å². The maximum Gasteiger partial charge on any atom is 0.242 e. The van der Waals surface area contributed by atoms with Crippen LogP contribution in [-0.4, -0.2) is 49.0 Å². The number of piperidine rings is 1. The number of nitrogens with one attached hydrogen (secondary N) is 2. The van der Waals surface area contributed by atoms with Gasteiger partial charge in [-0.25, -0.2) is 9.97 Å². The molecule has 1 aliphatic rings. The molecule has 1 amide bonds. The van der Waals surface area contributed by atoms with Gasteiger partial charge in [0, 0.05) is 31.8 Å². The fourth-order valence-electron chi connectivity index (χ4n) is 3.36. The summed E-state index contributed by atoms with van der Waals surface area (Å²) in [6.07, 6.45) is 2.95. The zero-order valence-corrected chi connectivity index (χ0v) is 14.5. The van der Waals surface area contributed by atoms with Gasteiger partial charge in [0.15, 0.2) is 0 Å². The van der Waals surface area contributed by atoms with Crippen molar-refractivity contribution in [1.29, 1.82) is 0 Å². The molecule has 0 saturated carbocycles. The Morgan fingerprint density at radius 2 is 2.20 bits per heavy atom. The highest BCUT2D eigenvalue weighted by Gasteiger charge is 2.26. The first-order chi connectivity index (χ1) is 12.2. The van der Waals surface area contributed by atoms with Gasteiger partial charge in [-0.3, -0.25) is 9.89 Å². The molecule has 8 heteroatoms. The summed E-state index contributed by atoms with van der Waals surface area (Å²) in [5, 5.41) is 6.69. The summed E-state index contributed by atoms with van der Waals surface area (Å²) in [5.74, 6) is 2.00. The van der Waals surface area contributed by atoms with Crippen molar-refractivity contribution in [2.24, 2.45) is 0 Å². The maximum absolute atomic E-state index is 12.5. The average Bonchev–Trinajstić information content (AvgIpc) is 3.25. The van der Waals surface area contributed by atoms with Crippen molar-refractivity contribution in [3.05, 3.63) is 41.2 Å². The number of carbonyl (C=O) groups is 1. The number of para-hydroxylation sites is 2. The zero-order chi connectivity index (χ0) is 17.2. The second kappa shape index (κ2) is 6.84. The standard InChI is InChI=1S/C17H19ClN6O/c18-17-21-14(22-23-17)7-8-15(25)24-9-3-4-11(10-24)16-19-12-5-1-2-6-13(12)20-16/h1-2,5-6,11H,3-4,7-10H2,(H,19,20)(H,21,22,23). The van der Waals surface area contributed by atoms with E-state index < -0.39 is 0 Å². The van der Waals surface area contributed by atoms with Gasteiger partial charge in [0.05, 0.1) is 11.0 Å². The van der Waals surface area contributed by atoms with E-state index in [1.54, 1.807) is 0 Å². The Bertz CT molecular complexity index is 855.